The molecule has 0 aromatic heterocycles. The molecule has 1 aliphatic rings. The Labute approximate surface area is 108 Å². The van der Waals surface area contributed by atoms with Crippen molar-refractivity contribution in [2.45, 2.75) is 50.3 Å². The predicted octanol–water partition coefficient (Wildman–Crippen LogP) is 0.287. The van der Waals surface area contributed by atoms with Crippen LogP contribution < -0.4 is 10.5 Å². The average Bonchev–Trinajstić information content (AvgIpc) is 2.36. The number of nitrogens with one attached hydrogen (secondary N) is 1. The highest BCUT2D eigenvalue weighted by Gasteiger charge is 2.32. The second-order valence-corrected chi connectivity index (χ2v) is 6.92. The van der Waals surface area contributed by atoms with Crippen molar-refractivity contribution in [3.05, 3.63) is 0 Å². The van der Waals surface area contributed by atoms with Gasteiger partial charge in [0.25, 0.3) is 0 Å². The molecule has 0 saturated heterocycles. The summed E-state index contributed by atoms with van der Waals surface area (Å²) in [5.74, 6) is -1.12. The number of carboxylic acid groups (broad SMARTS) is 1. The van der Waals surface area contributed by atoms with Crippen molar-refractivity contribution in [3.8, 4) is 0 Å². The van der Waals surface area contributed by atoms with Gasteiger partial charge in [-0.25, -0.2) is 13.1 Å². The standard InChI is InChI=1S/C11H22N2O4S/c1-8(11(14)15)18(16,17)13-10(7-12)9-5-3-2-4-6-9/h8-10,13H,2-7,12H2,1H3,(H,14,15). The molecule has 2 atom stereocenters. The molecule has 0 aliphatic heterocycles. The molecular weight excluding hydrogens is 256 g/mol. The Balaban J connectivity index is 2.70. The molecule has 1 aliphatic carbocycles. The highest BCUT2D eigenvalue weighted by Crippen LogP contribution is 2.26. The number of sulfonamides is 1. The van der Waals surface area contributed by atoms with Crippen LogP contribution >= 0.6 is 0 Å². The van der Waals surface area contributed by atoms with E-state index < -0.39 is 21.2 Å². The highest BCUT2D eigenvalue weighted by atomic mass is 32.2. The van der Waals surface area contributed by atoms with Crippen LogP contribution in [-0.2, 0) is 14.8 Å². The Kier molecular flexibility index (Phi) is 5.55. The minimum absolute atomic E-state index is 0.205. The van der Waals surface area contributed by atoms with E-state index in [9.17, 15) is 13.2 Å². The third kappa shape index (κ3) is 3.93. The summed E-state index contributed by atoms with van der Waals surface area (Å²) < 4.78 is 26.1. The van der Waals surface area contributed by atoms with Gasteiger partial charge in [0.2, 0.25) is 10.0 Å². The molecule has 0 radical (unpaired) electrons. The molecule has 0 bridgehead atoms. The van der Waals surface area contributed by atoms with Gasteiger partial charge in [-0.05, 0) is 25.7 Å². The minimum atomic E-state index is -3.85. The lowest BCUT2D eigenvalue weighted by molar-refractivity contribution is -0.136. The van der Waals surface area contributed by atoms with Gasteiger partial charge in [0, 0.05) is 12.6 Å². The van der Waals surface area contributed by atoms with E-state index in [2.05, 4.69) is 4.72 Å². The molecule has 1 fully saturated rings. The smallest absolute Gasteiger partial charge is 0.323 e. The Morgan fingerprint density at radius 1 is 1.39 bits per heavy atom. The Bertz CT molecular complexity index is 377. The molecular formula is C11H22N2O4S. The summed E-state index contributed by atoms with van der Waals surface area (Å²) in [4.78, 5) is 10.7. The first-order valence-electron chi connectivity index (χ1n) is 6.32. The second-order valence-electron chi connectivity index (χ2n) is 4.88. The Hall–Kier alpha value is -0.660. The fourth-order valence-corrected chi connectivity index (χ4v) is 3.50. The number of carboxylic acids is 1. The van der Waals surface area contributed by atoms with E-state index in [0.29, 0.717) is 0 Å². The molecule has 0 aromatic carbocycles. The van der Waals surface area contributed by atoms with Crippen molar-refractivity contribution >= 4 is 16.0 Å². The molecule has 1 saturated carbocycles. The molecule has 1 rings (SSSR count). The summed E-state index contributed by atoms with van der Waals surface area (Å²) in [6, 6.07) is -0.350. The maximum absolute atomic E-state index is 11.8. The minimum Gasteiger partial charge on any atom is -0.480 e. The summed E-state index contributed by atoms with van der Waals surface area (Å²) in [6.07, 6.45) is 5.23. The summed E-state index contributed by atoms with van der Waals surface area (Å²) in [5.41, 5.74) is 5.61. The zero-order valence-corrected chi connectivity index (χ0v) is 11.4. The van der Waals surface area contributed by atoms with Crippen LogP contribution in [0.3, 0.4) is 0 Å². The first-order chi connectivity index (χ1) is 8.38. The van der Waals surface area contributed by atoms with E-state index in [1.807, 2.05) is 0 Å². The van der Waals surface area contributed by atoms with Crippen LogP contribution in [0.25, 0.3) is 0 Å². The number of rotatable bonds is 6. The number of carbonyl (C=O) groups is 1. The van der Waals surface area contributed by atoms with Gasteiger partial charge in [-0.1, -0.05) is 19.3 Å². The lowest BCUT2D eigenvalue weighted by atomic mass is 9.84. The van der Waals surface area contributed by atoms with E-state index in [1.54, 1.807) is 0 Å². The van der Waals surface area contributed by atoms with Crippen LogP contribution in [0.4, 0.5) is 0 Å². The molecule has 6 nitrogen and oxygen atoms in total. The van der Waals surface area contributed by atoms with Crippen molar-refractivity contribution in [3.63, 3.8) is 0 Å². The Morgan fingerprint density at radius 3 is 2.39 bits per heavy atom. The third-order valence-electron chi connectivity index (χ3n) is 3.60. The van der Waals surface area contributed by atoms with Crippen LogP contribution in [-0.4, -0.2) is 37.3 Å². The molecule has 2 unspecified atom stereocenters. The molecule has 4 N–H and O–H groups in total. The summed E-state index contributed by atoms with van der Waals surface area (Å²) in [7, 11) is -3.85. The van der Waals surface area contributed by atoms with Gasteiger partial charge in [0.05, 0.1) is 0 Å². The zero-order valence-electron chi connectivity index (χ0n) is 10.6. The third-order valence-corrected chi connectivity index (χ3v) is 5.37. The molecule has 0 amide bonds. The number of hydrogen-bond acceptors (Lipinski definition) is 4. The maximum atomic E-state index is 11.8. The van der Waals surface area contributed by atoms with E-state index in [1.165, 1.54) is 13.3 Å². The Morgan fingerprint density at radius 2 is 1.94 bits per heavy atom. The number of hydrogen-bond donors (Lipinski definition) is 3. The van der Waals surface area contributed by atoms with Crippen LogP contribution in [0.1, 0.15) is 39.0 Å². The molecule has 106 valence electrons. The van der Waals surface area contributed by atoms with Gasteiger partial charge in [-0.15, -0.1) is 0 Å². The van der Waals surface area contributed by atoms with E-state index in [0.717, 1.165) is 25.7 Å². The van der Waals surface area contributed by atoms with Crippen LogP contribution in [0, 0.1) is 5.92 Å². The van der Waals surface area contributed by atoms with Gasteiger partial charge in [0.1, 0.15) is 0 Å². The monoisotopic (exact) mass is 278 g/mol. The normalized spacial score (nSPS) is 21.4. The lowest BCUT2D eigenvalue weighted by Gasteiger charge is -2.30. The summed E-state index contributed by atoms with van der Waals surface area (Å²) >= 11 is 0. The zero-order chi connectivity index (χ0) is 13.8. The second kappa shape index (κ2) is 6.49. The van der Waals surface area contributed by atoms with Gasteiger partial charge < -0.3 is 10.8 Å². The molecule has 18 heavy (non-hydrogen) atoms. The molecule has 0 spiro atoms. The van der Waals surface area contributed by atoms with E-state index in [-0.39, 0.29) is 18.5 Å². The van der Waals surface area contributed by atoms with Crippen molar-refractivity contribution in [2.75, 3.05) is 6.54 Å². The fourth-order valence-electron chi connectivity index (χ4n) is 2.32. The SMILES string of the molecule is CC(C(=O)O)S(=O)(=O)NC(CN)C1CCCCC1. The highest BCUT2D eigenvalue weighted by molar-refractivity contribution is 7.90. The quantitative estimate of drug-likeness (QED) is 0.647. The van der Waals surface area contributed by atoms with Crippen LogP contribution in [0.5, 0.6) is 0 Å². The van der Waals surface area contributed by atoms with Gasteiger partial charge in [-0.2, -0.15) is 0 Å². The van der Waals surface area contributed by atoms with Crippen molar-refractivity contribution in [2.24, 2.45) is 11.7 Å². The number of aliphatic carboxylic acids is 1. The number of nitrogens with two attached hydrogens (primary N) is 1. The summed E-state index contributed by atoms with van der Waals surface area (Å²) in [6.45, 7) is 1.37. The van der Waals surface area contributed by atoms with Crippen LogP contribution in [0.15, 0.2) is 0 Å². The fraction of sp³-hybridized carbons (Fsp3) is 0.909. The first-order valence-corrected chi connectivity index (χ1v) is 7.87. The summed E-state index contributed by atoms with van der Waals surface area (Å²) in [5, 5.41) is 7.31. The largest absolute Gasteiger partial charge is 0.480 e. The van der Waals surface area contributed by atoms with E-state index >= 15 is 0 Å². The maximum Gasteiger partial charge on any atom is 0.323 e. The van der Waals surface area contributed by atoms with Crippen LogP contribution in [0.2, 0.25) is 0 Å². The molecule has 0 aromatic rings. The van der Waals surface area contributed by atoms with Gasteiger partial charge in [-0.3, -0.25) is 4.79 Å². The van der Waals surface area contributed by atoms with Crippen molar-refractivity contribution < 1.29 is 18.3 Å². The van der Waals surface area contributed by atoms with Gasteiger partial charge >= 0.3 is 5.97 Å². The molecule has 0 heterocycles. The first kappa shape index (κ1) is 15.4. The lowest BCUT2D eigenvalue weighted by Crippen LogP contribution is -2.49. The van der Waals surface area contributed by atoms with Crippen molar-refractivity contribution in [1.29, 1.82) is 0 Å². The van der Waals surface area contributed by atoms with E-state index in [4.69, 9.17) is 10.8 Å². The van der Waals surface area contributed by atoms with Crippen molar-refractivity contribution in [1.82, 2.24) is 4.72 Å². The topological polar surface area (TPSA) is 109 Å². The predicted molar refractivity (Wildman–Crippen MR) is 68.6 cm³/mol. The van der Waals surface area contributed by atoms with Gasteiger partial charge in [0.15, 0.2) is 5.25 Å². The molecule has 7 heteroatoms. The average molecular weight is 278 g/mol.